The van der Waals surface area contributed by atoms with Gasteiger partial charge in [0.25, 0.3) is 0 Å². The van der Waals surface area contributed by atoms with Crippen LogP contribution in [0.4, 0.5) is 10.2 Å². The molecule has 2 aliphatic heterocycles. The summed E-state index contributed by atoms with van der Waals surface area (Å²) >= 11 is 0. The Morgan fingerprint density at radius 2 is 1.87 bits per heavy atom. The summed E-state index contributed by atoms with van der Waals surface area (Å²) in [7, 11) is 0. The van der Waals surface area contributed by atoms with Crippen LogP contribution in [-0.4, -0.2) is 65.3 Å². The summed E-state index contributed by atoms with van der Waals surface area (Å²) in [5, 5.41) is 8.79. The van der Waals surface area contributed by atoms with E-state index in [0.29, 0.717) is 25.6 Å². The highest BCUT2D eigenvalue weighted by Gasteiger charge is 2.28. The van der Waals surface area contributed by atoms with E-state index in [-0.39, 0.29) is 18.3 Å². The Balaban J connectivity index is 0.00000231. The zero-order chi connectivity index (χ0) is 20.7. The molecule has 0 radical (unpaired) electrons. The second kappa shape index (κ2) is 9.06. The first-order valence-corrected chi connectivity index (χ1v) is 10.6. The minimum atomic E-state index is -0.875. The monoisotopic (exact) mass is 446 g/mol. The third-order valence-electron chi connectivity index (χ3n) is 6.13. The summed E-state index contributed by atoms with van der Waals surface area (Å²) in [6, 6.07) is 6.19. The van der Waals surface area contributed by atoms with Gasteiger partial charge in [0, 0.05) is 37.0 Å². The third kappa shape index (κ3) is 4.24. The van der Waals surface area contributed by atoms with Gasteiger partial charge in [0.05, 0.1) is 24.9 Å². The van der Waals surface area contributed by atoms with Crippen molar-refractivity contribution in [3.63, 3.8) is 0 Å². The van der Waals surface area contributed by atoms with Gasteiger partial charge in [0.1, 0.15) is 17.8 Å². The van der Waals surface area contributed by atoms with E-state index < -0.39 is 6.17 Å². The number of piperidine rings is 1. The number of aryl methyl sites for hydroxylation is 2. The number of benzene rings is 1. The highest BCUT2D eigenvalue weighted by atomic mass is 35.5. The fourth-order valence-electron chi connectivity index (χ4n) is 4.56. The Bertz CT molecular complexity index is 1070. The molecule has 9 heteroatoms. The topological polar surface area (TPSA) is 68.1 Å². The van der Waals surface area contributed by atoms with Gasteiger partial charge in [-0.25, -0.2) is 19.0 Å². The third-order valence-corrected chi connectivity index (χ3v) is 6.13. The van der Waals surface area contributed by atoms with E-state index in [1.54, 1.807) is 0 Å². The van der Waals surface area contributed by atoms with Crippen molar-refractivity contribution in [3.8, 4) is 5.82 Å². The summed E-state index contributed by atoms with van der Waals surface area (Å²) in [5.74, 6) is 2.23. The Kier molecular flexibility index (Phi) is 6.41. The standard InChI is InChI=1S/C22H27FN6O.ClH/c1-14-9-16-12-25-29(20(16)10-18(14)17-3-4-24-13-19(17)23)22-11-21(26-15(2)27-22)28-5-7-30-8-6-28;/h9-12,17,19,24H,3-8,13H2,1-2H3;1H/t17-,19-;/m1./s1. The first-order chi connectivity index (χ1) is 14.6. The number of nitrogens with zero attached hydrogens (tertiary/aromatic N) is 5. The molecule has 3 aromatic rings. The quantitative estimate of drug-likeness (QED) is 0.666. The van der Waals surface area contributed by atoms with E-state index in [0.717, 1.165) is 59.7 Å². The van der Waals surface area contributed by atoms with Crippen LogP contribution in [0.15, 0.2) is 24.4 Å². The first-order valence-electron chi connectivity index (χ1n) is 10.6. The Morgan fingerprint density at radius 1 is 1.10 bits per heavy atom. The molecule has 0 spiro atoms. The lowest BCUT2D eigenvalue weighted by Gasteiger charge is -2.28. The number of morpholine rings is 1. The molecule has 1 N–H and O–H groups in total. The SMILES string of the molecule is Cc1nc(N2CCOCC2)cc(-n2ncc3cc(C)c([C@H]4CCNC[C@H]4F)cc32)n1.Cl. The Morgan fingerprint density at radius 3 is 2.65 bits per heavy atom. The highest BCUT2D eigenvalue weighted by molar-refractivity contribution is 5.85. The highest BCUT2D eigenvalue weighted by Crippen LogP contribution is 2.33. The van der Waals surface area contributed by atoms with Gasteiger partial charge in [-0.05, 0) is 50.1 Å². The summed E-state index contributed by atoms with van der Waals surface area (Å²) in [6.07, 6.45) is 1.78. The summed E-state index contributed by atoms with van der Waals surface area (Å²) in [4.78, 5) is 11.5. The van der Waals surface area contributed by atoms with E-state index >= 15 is 0 Å². The molecule has 0 saturated carbocycles. The minimum absolute atomic E-state index is 0. The van der Waals surface area contributed by atoms with Gasteiger partial charge >= 0.3 is 0 Å². The molecule has 0 unspecified atom stereocenters. The second-order valence-electron chi connectivity index (χ2n) is 8.17. The molecule has 2 fully saturated rings. The molecule has 2 aromatic heterocycles. The molecule has 2 saturated heterocycles. The average molecular weight is 447 g/mol. The Hall–Kier alpha value is -2.29. The normalized spacial score (nSPS) is 21.8. The number of hydrogen-bond acceptors (Lipinski definition) is 6. The van der Waals surface area contributed by atoms with Crippen LogP contribution in [0.25, 0.3) is 16.7 Å². The maximum atomic E-state index is 14.7. The van der Waals surface area contributed by atoms with Crippen molar-refractivity contribution in [1.29, 1.82) is 0 Å². The predicted molar refractivity (Wildman–Crippen MR) is 122 cm³/mol. The van der Waals surface area contributed by atoms with Crippen LogP contribution in [0.2, 0.25) is 0 Å². The molecule has 0 bridgehead atoms. The van der Waals surface area contributed by atoms with Crippen molar-refractivity contribution in [2.45, 2.75) is 32.4 Å². The number of fused-ring (bicyclic) bond motifs is 1. The maximum Gasteiger partial charge on any atom is 0.159 e. The van der Waals surface area contributed by atoms with Crippen LogP contribution in [0.3, 0.4) is 0 Å². The average Bonchev–Trinajstić information content (AvgIpc) is 3.16. The number of hydrogen-bond donors (Lipinski definition) is 1. The van der Waals surface area contributed by atoms with Crippen LogP contribution < -0.4 is 10.2 Å². The van der Waals surface area contributed by atoms with Crippen LogP contribution in [0.5, 0.6) is 0 Å². The van der Waals surface area contributed by atoms with Crippen LogP contribution >= 0.6 is 12.4 Å². The maximum absolute atomic E-state index is 14.7. The number of aromatic nitrogens is 4. The number of halogens is 2. The van der Waals surface area contributed by atoms with Crippen LogP contribution in [0.1, 0.15) is 29.3 Å². The van der Waals surface area contributed by atoms with Crippen molar-refractivity contribution < 1.29 is 9.13 Å². The van der Waals surface area contributed by atoms with Crippen molar-refractivity contribution >= 4 is 29.1 Å². The first kappa shape index (κ1) is 21.9. The second-order valence-corrected chi connectivity index (χ2v) is 8.17. The van der Waals surface area contributed by atoms with Crippen molar-refractivity contribution in [2.24, 2.45) is 0 Å². The lowest BCUT2D eigenvalue weighted by molar-refractivity contribution is 0.122. The molecule has 7 nitrogen and oxygen atoms in total. The number of rotatable bonds is 3. The molecule has 0 aliphatic carbocycles. The van der Waals surface area contributed by atoms with E-state index in [4.69, 9.17) is 4.74 Å². The number of alkyl halides is 1. The lowest BCUT2D eigenvalue weighted by Crippen LogP contribution is -2.37. The van der Waals surface area contributed by atoms with Crippen LogP contribution in [-0.2, 0) is 4.74 Å². The Labute approximate surface area is 187 Å². The smallest absolute Gasteiger partial charge is 0.159 e. The summed E-state index contributed by atoms with van der Waals surface area (Å²) < 4.78 is 22.0. The van der Waals surface area contributed by atoms with E-state index in [1.165, 1.54) is 0 Å². The minimum Gasteiger partial charge on any atom is -0.378 e. The van der Waals surface area contributed by atoms with Gasteiger partial charge in [-0.2, -0.15) is 5.10 Å². The van der Waals surface area contributed by atoms with Gasteiger partial charge in [-0.1, -0.05) is 0 Å². The van der Waals surface area contributed by atoms with Gasteiger partial charge in [-0.3, -0.25) is 0 Å². The molecule has 5 rings (SSSR count). The van der Waals surface area contributed by atoms with Gasteiger partial charge in [0.2, 0.25) is 0 Å². The molecular formula is C22H28ClFN6O. The summed E-state index contributed by atoms with van der Waals surface area (Å²) in [6.45, 7) is 8.24. The van der Waals surface area contributed by atoms with Crippen molar-refractivity contribution in [1.82, 2.24) is 25.1 Å². The molecule has 1 aromatic carbocycles. The predicted octanol–water partition coefficient (Wildman–Crippen LogP) is 3.11. The van der Waals surface area contributed by atoms with E-state index in [9.17, 15) is 4.39 Å². The lowest BCUT2D eigenvalue weighted by atomic mass is 9.85. The number of nitrogens with one attached hydrogen (secondary N) is 1. The molecule has 166 valence electrons. The van der Waals surface area contributed by atoms with Crippen molar-refractivity contribution in [3.05, 3.63) is 41.3 Å². The molecule has 31 heavy (non-hydrogen) atoms. The van der Waals surface area contributed by atoms with Crippen LogP contribution in [0, 0.1) is 13.8 Å². The molecule has 4 heterocycles. The molecule has 0 amide bonds. The fraction of sp³-hybridized carbons (Fsp3) is 0.500. The zero-order valence-corrected chi connectivity index (χ0v) is 18.7. The molecule has 2 atom stereocenters. The van der Waals surface area contributed by atoms with E-state index in [2.05, 4.69) is 44.3 Å². The molecule has 2 aliphatic rings. The number of anilines is 1. The largest absolute Gasteiger partial charge is 0.378 e. The van der Waals surface area contributed by atoms with Gasteiger partial charge in [0.15, 0.2) is 5.82 Å². The fourth-order valence-corrected chi connectivity index (χ4v) is 4.56. The number of ether oxygens (including phenoxy) is 1. The van der Waals surface area contributed by atoms with Crippen molar-refractivity contribution in [2.75, 3.05) is 44.3 Å². The molecular weight excluding hydrogens is 419 g/mol. The zero-order valence-electron chi connectivity index (χ0n) is 17.8. The van der Waals surface area contributed by atoms with Gasteiger partial charge < -0.3 is 15.0 Å². The summed E-state index contributed by atoms with van der Waals surface area (Å²) in [5.41, 5.74) is 3.13. The van der Waals surface area contributed by atoms with E-state index in [1.807, 2.05) is 23.9 Å². The van der Waals surface area contributed by atoms with Gasteiger partial charge in [-0.15, -0.1) is 12.4 Å².